The number of aryl methyl sites for hydroxylation is 2. The van der Waals surface area contributed by atoms with Crippen LogP contribution in [0.25, 0.3) is 0 Å². The van der Waals surface area contributed by atoms with Gasteiger partial charge in [-0.25, -0.2) is 4.98 Å². The molecule has 1 N–H and O–H groups in total. The minimum Gasteiger partial charge on any atom is -0.311 e. The van der Waals surface area contributed by atoms with Crippen molar-refractivity contribution in [2.24, 2.45) is 0 Å². The number of H-pyrrole nitrogens is 1. The van der Waals surface area contributed by atoms with Gasteiger partial charge in [-0.3, -0.25) is 9.69 Å². The molecule has 1 aromatic carbocycles. The molecule has 0 spiro atoms. The van der Waals surface area contributed by atoms with Crippen molar-refractivity contribution in [1.29, 1.82) is 0 Å². The van der Waals surface area contributed by atoms with Crippen molar-refractivity contribution in [1.82, 2.24) is 14.9 Å². The van der Waals surface area contributed by atoms with Gasteiger partial charge in [-0.1, -0.05) is 31.2 Å². The molecule has 2 aliphatic heterocycles. The Bertz CT molecular complexity index is 794. The first-order chi connectivity index (χ1) is 11.6. The van der Waals surface area contributed by atoms with Crippen LogP contribution in [0.15, 0.2) is 29.1 Å². The molecule has 0 unspecified atom stereocenters. The van der Waals surface area contributed by atoms with Gasteiger partial charge in [0.25, 0.3) is 5.56 Å². The average molecular weight is 323 g/mol. The molecule has 0 saturated carbocycles. The van der Waals surface area contributed by atoms with Crippen LogP contribution in [0.3, 0.4) is 0 Å². The van der Waals surface area contributed by atoms with E-state index >= 15 is 0 Å². The molecule has 1 saturated heterocycles. The van der Waals surface area contributed by atoms with Gasteiger partial charge < -0.3 is 4.98 Å². The van der Waals surface area contributed by atoms with Gasteiger partial charge >= 0.3 is 0 Å². The highest BCUT2D eigenvalue weighted by Crippen LogP contribution is 2.33. The summed E-state index contributed by atoms with van der Waals surface area (Å²) >= 11 is 0. The largest absolute Gasteiger partial charge is 0.311 e. The summed E-state index contributed by atoms with van der Waals surface area (Å²) in [6.07, 6.45) is 5.22. The number of aromatic amines is 1. The predicted octanol–water partition coefficient (Wildman–Crippen LogP) is 2.77. The van der Waals surface area contributed by atoms with E-state index in [9.17, 15) is 4.79 Å². The summed E-state index contributed by atoms with van der Waals surface area (Å²) < 4.78 is 0. The first-order valence-electron chi connectivity index (χ1n) is 9.06. The van der Waals surface area contributed by atoms with Crippen LogP contribution in [0, 0.1) is 6.92 Å². The third-order valence-electron chi connectivity index (χ3n) is 5.66. The summed E-state index contributed by atoms with van der Waals surface area (Å²) in [6, 6.07) is 9.96. The minimum atomic E-state index is 0.0669. The predicted molar refractivity (Wildman–Crippen MR) is 95.2 cm³/mol. The van der Waals surface area contributed by atoms with Crippen LogP contribution in [0.1, 0.15) is 48.0 Å². The van der Waals surface area contributed by atoms with Gasteiger partial charge in [-0.2, -0.15) is 0 Å². The highest BCUT2D eigenvalue weighted by Gasteiger charge is 2.38. The number of benzene rings is 1. The van der Waals surface area contributed by atoms with Crippen molar-refractivity contribution in [3.05, 3.63) is 62.8 Å². The Morgan fingerprint density at radius 2 is 1.79 bits per heavy atom. The third kappa shape index (κ3) is 2.80. The molecule has 2 aliphatic rings. The molecule has 2 atom stereocenters. The zero-order valence-electron chi connectivity index (χ0n) is 14.5. The smallest absolute Gasteiger partial charge is 0.254 e. The fourth-order valence-electron chi connectivity index (χ4n) is 4.31. The molecule has 24 heavy (non-hydrogen) atoms. The van der Waals surface area contributed by atoms with Crippen LogP contribution in [0.5, 0.6) is 0 Å². The molecule has 1 aromatic heterocycles. The second-order valence-electron chi connectivity index (χ2n) is 7.21. The maximum absolute atomic E-state index is 12.3. The Hall–Kier alpha value is -1.94. The summed E-state index contributed by atoms with van der Waals surface area (Å²) in [6.45, 7) is 5.04. The average Bonchev–Trinajstić information content (AvgIpc) is 2.84. The molecule has 1 fully saturated rings. The lowest BCUT2D eigenvalue weighted by Gasteiger charge is -2.28. The number of hydrogen-bond acceptors (Lipinski definition) is 3. The second kappa shape index (κ2) is 6.17. The van der Waals surface area contributed by atoms with Crippen LogP contribution < -0.4 is 5.56 Å². The normalized spacial score (nSPS) is 23.1. The lowest BCUT2D eigenvalue weighted by molar-refractivity contribution is 0.187. The Kier molecular flexibility index (Phi) is 4.01. The fourth-order valence-corrected chi connectivity index (χ4v) is 4.31. The summed E-state index contributed by atoms with van der Waals surface area (Å²) in [7, 11) is 0. The lowest BCUT2D eigenvalue weighted by Crippen LogP contribution is -2.36. The van der Waals surface area contributed by atoms with Gasteiger partial charge in [-0.15, -0.1) is 0 Å². The van der Waals surface area contributed by atoms with E-state index in [0.717, 1.165) is 42.9 Å². The lowest BCUT2D eigenvalue weighted by atomic mass is 9.98. The molecule has 4 nitrogen and oxygen atoms in total. The van der Waals surface area contributed by atoms with Gasteiger partial charge in [0, 0.05) is 30.6 Å². The molecular formula is C20H25N3O. The highest BCUT2D eigenvalue weighted by atomic mass is 16.1. The number of nitrogens with zero attached hydrogens (tertiary/aromatic N) is 2. The number of nitrogens with one attached hydrogen (secondary N) is 1. The standard InChI is InChI=1S/C20H25N3O/c1-3-14-4-6-15(7-5-14)12-23-16-8-9-17(23)11-19-18(10-16)20(24)22-13(2)21-19/h4-7,16-17H,3,8-12H2,1-2H3,(H,21,22,24)/t16-,17+/m0/s1. The Morgan fingerprint density at radius 1 is 1.12 bits per heavy atom. The molecular weight excluding hydrogens is 298 g/mol. The van der Waals surface area contributed by atoms with Crippen molar-refractivity contribution in [3.63, 3.8) is 0 Å². The molecule has 0 radical (unpaired) electrons. The summed E-state index contributed by atoms with van der Waals surface area (Å²) in [5.41, 5.74) is 4.76. The van der Waals surface area contributed by atoms with Gasteiger partial charge in [0.05, 0.1) is 5.69 Å². The molecule has 0 aliphatic carbocycles. The molecule has 4 rings (SSSR count). The van der Waals surface area contributed by atoms with E-state index in [1.54, 1.807) is 0 Å². The van der Waals surface area contributed by atoms with Crippen molar-refractivity contribution >= 4 is 0 Å². The molecule has 2 aromatic rings. The van der Waals surface area contributed by atoms with Crippen molar-refractivity contribution < 1.29 is 0 Å². The molecule has 2 bridgehead atoms. The third-order valence-corrected chi connectivity index (χ3v) is 5.66. The summed E-state index contributed by atoms with van der Waals surface area (Å²) in [4.78, 5) is 22.5. The zero-order chi connectivity index (χ0) is 16.7. The van der Waals surface area contributed by atoms with Crippen LogP contribution in [0.2, 0.25) is 0 Å². The van der Waals surface area contributed by atoms with Crippen molar-refractivity contribution in [2.75, 3.05) is 0 Å². The number of hydrogen-bond donors (Lipinski definition) is 1. The molecule has 126 valence electrons. The van der Waals surface area contributed by atoms with E-state index in [-0.39, 0.29) is 5.56 Å². The minimum absolute atomic E-state index is 0.0669. The van der Waals surface area contributed by atoms with Crippen LogP contribution in [-0.2, 0) is 25.8 Å². The Morgan fingerprint density at radius 3 is 2.50 bits per heavy atom. The topological polar surface area (TPSA) is 49.0 Å². The van der Waals surface area contributed by atoms with Gasteiger partial charge in [0.15, 0.2) is 0 Å². The molecule has 4 heteroatoms. The quantitative estimate of drug-likeness (QED) is 0.945. The van der Waals surface area contributed by atoms with Crippen LogP contribution in [-0.4, -0.2) is 27.0 Å². The van der Waals surface area contributed by atoms with E-state index < -0.39 is 0 Å². The van der Waals surface area contributed by atoms with Crippen molar-refractivity contribution in [2.45, 2.75) is 64.6 Å². The first kappa shape index (κ1) is 15.6. The first-order valence-corrected chi connectivity index (χ1v) is 9.06. The van der Waals surface area contributed by atoms with Crippen molar-refractivity contribution in [3.8, 4) is 0 Å². The fraction of sp³-hybridized carbons (Fsp3) is 0.500. The number of fused-ring (bicyclic) bond motifs is 3. The summed E-state index contributed by atoms with van der Waals surface area (Å²) in [5.74, 6) is 0.734. The molecule has 0 amide bonds. The zero-order valence-corrected chi connectivity index (χ0v) is 14.5. The Balaban J connectivity index is 1.60. The molecule has 3 heterocycles. The maximum Gasteiger partial charge on any atom is 0.254 e. The SMILES string of the molecule is CCc1ccc(CN2[C@@H]3CC[C@H]2Cc2c(nc(C)[nH]c2=O)C3)cc1. The van der Waals surface area contributed by atoms with Gasteiger partial charge in [-0.05, 0) is 43.7 Å². The van der Waals surface area contributed by atoms with E-state index in [1.165, 1.54) is 24.0 Å². The monoisotopic (exact) mass is 323 g/mol. The Labute approximate surface area is 142 Å². The van der Waals surface area contributed by atoms with Gasteiger partial charge in [0.2, 0.25) is 0 Å². The van der Waals surface area contributed by atoms with Crippen LogP contribution >= 0.6 is 0 Å². The number of aromatic nitrogens is 2. The van der Waals surface area contributed by atoms with E-state index in [2.05, 4.69) is 46.1 Å². The van der Waals surface area contributed by atoms with Crippen LogP contribution in [0.4, 0.5) is 0 Å². The van der Waals surface area contributed by atoms with E-state index in [4.69, 9.17) is 0 Å². The van der Waals surface area contributed by atoms with E-state index in [0.29, 0.717) is 12.1 Å². The van der Waals surface area contributed by atoms with Gasteiger partial charge in [0.1, 0.15) is 5.82 Å². The van der Waals surface area contributed by atoms with E-state index in [1.807, 2.05) is 6.92 Å². The second-order valence-corrected chi connectivity index (χ2v) is 7.21. The maximum atomic E-state index is 12.3. The summed E-state index contributed by atoms with van der Waals surface area (Å²) in [5, 5.41) is 0. The highest BCUT2D eigenvalue weighted by molar-refractivity contribution is 5.26. The number of rotatable bonds is 3.